The summed E-state index contributed by atoms with van der Waals surface area (Å²) >= 11 is 0. The normalized spacial score (nSPS) is 29.5. The SMILES string of the molecule is CC(C)[C@@H](C(=O)O)N(C)C(=O)[C@H]1CCN(S(=O)(=O)[C@@H]2CN2C)C1. The predicted molar refractivity (Wildman–Crippen MR) is 84.0 cm³/mol. The summed E-state index contributed by atoms with van der Waals surface area (Å²) in [5.41, 5.74) is 0. The van der Waals surface area contributed by atoms with E-state index in [0.29, 0.717) is 19.5 Å². The maximum atomic E-state index is 12.5. The molecule has 0 spiro atoms. The van der Waals surface area contributed by atoms with E-state index in [9.17, 15) is 23.1 Å². The molecule has 0 aliphatic carbocycles. The standard InChI is InChI=1S/C14H25N3O5S/c1-9(2)12(14(19)20)16(4)13(18)10-5-6-17(7-10)23(21,22)11-8-15(11)3/h9-12H,5-8H2,1-4H3,(H,19,20)/t10-,11+,12-,15?/m0/s1. The first kappa shape index (κ1) is 18.2. The first-order valence-electron chi connectivity index (χ1n) is 7.76. The number of carbonyl (C=O) groups excluding carboxylic acids is 1. The van der Waals surface area contributed by atoms with Crippen molar-refractivity contribution < 1.29 is 23.1 Å². The van der Waals surface area contributed by atoms with Crippen LogP contribution in [-0.2, 0) is 19.6 Å². The fourth-order valence-electron chi connectivity index (χ4n) is 3.18. The second-order valence-corrected chi connectivity index (χ2v) is 8.85. The Morgan fingerprint density at radius 3 is 2.26 bits per heavy atom. The molecule has 0 saturated carbocycles. The Bertz CT molecular complexity index is 591. The molecule has 23 heavy (non-hydrogen) atoms. The number of rotatable bonds is 6. The van der Waals surface area contributed by atoms with Crippen LogP contribution in [0, 0.1) is 11.8 Å². The van der Waals surface area contributed by atoms with Crippen molar-refractivity contribution in [1.82, 2.24) is 14.1 Å². The van der Waals surface area contributed by atoms with Crippen molar-refractivity contribution in [2.75, 3.05) is 33.7 Å². The highest BCUT2D eigenvalue weighted by Gasteiger charge is 2.48. The smallest absolute Gasteiger partial charge is 0.326 e. The van der Waals surface area contributed by atoms with Crippen LogP contribution in [0.3, 0.4) is 0 Å². The van der Waals surface area contributed by atoms with Crippen LogP contribution >= 0.6 is 0 Å². The minimum absolute atomic E-state index is 0.139. The molecule has 2 aliphatic rings. The Hall–Kier alpha value is -1.19. The van der Waals surface area contributed by atoms with E-state index in [4.69, 9.17) is 0 Å². The lowest BCUT2D eigenvalue weighted by molar-refractivity contribution is -0.152. The Kier molecular flexibility index (Phi) is 5.03. The average molecular weight is 347 g/mol. The minimum atomic E-state index is -3.39. The second kappa shape index (κ2) is 6.37. The van der Waals surface area contributed by atoms with Gasteiger partial charge in [-0.25, -0.2) is 13.2 Å². The van der Waals surface area contributed by atoms with Crippen LogP contribution in [-0.4, -0.2) is 84.7 Å². The highest BCUT2D eigenvalue weighted by molar-refractivity contribution is 7.90. The van der Waals surface area contributed by atoms with Crippen LogP contribution in [0.15, 0.2) is 0 Å². The monoisotopic (exact) mass is 347 g/mol. The number of carboxylic acid groups (broad SMARTS) is 1. The average Bonchev–Trinajstić information content (AvgIpc) is 2.99. The van der Waals surface area contributed by atoms with Gasteiger partial charge in [-0.2, -0.15) is 4.31 Å². The highest BCUT2D eigenvalue weighted by Crippen LogP contribution is 2.29. The largest absolute Gasteiger partial charge is 0.480 e. The number of hydrogen-bond acceptors (Lipinski definition) is 5. The van der Waals surface area contributed by atoms with Crippen molar-refractivity contribution in [1.29, 1.82) is 0 Å². The number of amides is 1. The van der Waals surface area contributed by atoms with Gasteiger partial charge in [-0.1, -0.05) is 13.8 Å². The van der Waals surface area contributed by atoms with Crippen molar-refractivity contribution in [3.05, 3.63) is 0 Å². The summed E-state index contributed by atoms with van der Waals surface area (Å²) in [6.45, 7) is 4.47. The molecular formula is C14H25N3O5S. The number of carbonyl (C=O) groups is 2. The van der Waals surface area contributed by atoms with Crippen molar-refractivity contribution in [2.45, 2.75) is 31.7 Å². The van der Waals surface area contributed by atoms with Gasteiger partial charge >= 0.3 is 5.97 Å². The summed E-state index contributed by atoms with van der Waals surface area (Å²) in [4.78, 5) is 26.9. The molecule has 1 unspecified atom stereocenters. The van der Waals surface area contributed by atoms with E-state index in [2.05, 4.69) is 0 Å². The predicted octanol–water partition coefficient (Wildman–Crippen LogP) is -0.523. The van der Waals surface area contributed by atoms with Gasteiger partial charge < -0.3 is 10.0 Å². The summed E-state index contributed by atoms with van der Waals surface area (Å²) in [5, 5.41) is 8.82. The van der Waals surface area contributed by atoms with Crippen LogP contribution < -0.4 is 0 Å². The molecule has 0 aromatic heterocycles. The molecule has 2 aliphatic heterocycles. The van der Waals surface area contributed by atoms with E-state index in [1.165, 1.54) is 16.3 Å². The van der Waals surface area contributed by atoms with Gasteiger partial charge in [-0.15, -0.1) is 0 Å². The van der Waals surface area contributed by atoms with Gasteiger partial charge in [0.1, 0.15) is 11.4 Å². The van der Waals surface area contributed by atoms with Gasteiger partial charge in [0.2, 0.25) is 15.9 Å². The lowest BCUT2D eigenvalue weighted by Crippen LogP contribution is -2.48. The number of carboxylic acids is 1. The molecule has 1 amide bonds. The Morgan fingerprint density at radius 2 is 1.83 bits per heavy atom. The molecule has 0 radical (unpaired) electrons. The molecule has 9 heteroatoms. The van der Waals surface area contributed by atoms with Crippen molar-refractivity contribution in [3.63, 3.8) is 0 Å². The summed E-state index contributed by atoms with van der Waals surface area (Å²) in [5.74, 6) is -2.03. The molecule has 132 valence electrons. The maximum absolute atomic E-state index is 12.5. The topological polar surface area (TPSA) is 98.0 Å². The fraction of sp³-hybridized carbons (Fsp3) is 0.857. The van der Waals surface area contributed by atoms with Crippen molar-refractivity contribution in [2.24, 2.45) is 11.8 Å². The van der Waals surface area contributed by atoms with Crippen LogP contribution in [0.4, 0.5) is 0 Å². The summed E-state index contributed by atoms with van der Waals surface area (Å²) in [6, 6.07) is -0.900. The molecule has 8 nitrogen and oxygen atoms in total. The molecule has 1 N–H and O–H groups in total. The van der Waals surface area contributed by atoms with Crippen LogP contribution in [0.2, 0.25) is 0 Å². The summed E-state index contributed by atoms with van der Waals surface area (Å²) in [6.07, 6.45) is 0.434. The third kappa shape index (κ3) is 3.51. The van der Waals surface area contributed by atoms with Gasteiger partial charge in [0.15, 0.2) is 0 Å². The Balaban J connectivity index is 2.03. The molecule has 4 atom stereocenters. The lowest BCUT2D eigenvalue weighted by Gasteiger charge is -2.29. The van der Waals surface area contributed by atoms with Crippen LogP contribution in [0.1, 0.15) is 20.3 Å². The number of sulfonamides is 1. The van der Waals surface area contributed by atoms with E-state index in [-0.39, 0.29) is 18.4 Å². The number of nitrogens with zero attached hydrogens (tertiary/aromatic N) is 3. The number of likely N-dealkylation sites (N-methyl/N-ethyl adjacent to an activating group) is 2. The van der Waals surface area contributed by atoms with Gasteiger partial charge in [0.25, 0.3) is 0 Å². The molecular weight excluding hydrogens is 322 g/mol. The zero-order valence-corrected chi connectivity index (χ0v) is 14.8. The number of hydrogen-bond donors (Lipinski definition) is 1. The molecule has 2 heterocycles. The van der Waals surface area contributed by atoms with Crippen molar-refractivity contribution in [3.8, 4) is 0 Å². The molecule has 2 fully saturated rings. The quantitative estimate of drug-likeness (QED) is 0.649. The molecule has 0 aromatic carbocycles. The van der Waals surface area contributed by atoms with Crippen LogP contribution in [0.25, 0.3) is 0 Å². The first-order chi connectivity index (χ1) is 10.6. The summed E-state index contributed by atoms with van der Waals surface area (Å²) < 4.78 is 26.1. The van der Waals surface area contributed by atoms with E-state index in [0.717, 1.165) is 0 Å². The summed E-state index contributed by atoms with van der Waals surface area (Å²) in [7, 11) is -0.164. The van der Waals surface area contributed by atoms with E-state index in [1.54, 1.807) is 25.8 Å². The number of aliphatic carboxylic acids is 1. The fourth-order valence-corrected chi connectivity index (χ4v) is 5.15. The third-order valence-corrected chi connectivity index (χ3v) is 6.90. The Morgan fingerprint density at radius 1 is 1.26 bits per heavy atom. The first-order valence-corrected chi connectivity index (χ1v) is 9.26. The third-order valence-electron chi connectivity index (χ3n) is 4.66. The zero-order chi connectivity index (χ0) is 17.5. The molecule has 2 rings (SSSR count). The van der Waals surface area contributed by atoms with Gasteiger partial charge in [0, 0.05) is 26.7 Å². The van der Waals surface area contributed by atoms with E-state index < -0.39 is 33.3 Å². The van der Waals surface area contributed by atoms with E-state index >= 15 is 0 Å². The molecule has 0 aromatic rings. The molecule has 2 saturated heterocycles. The highest BCUT2D eigenvalue weighted by atomic mass is 32.2. The van der Waals surface area contributed by atoms with Gasteiger partial charge in [-0.3, -0.25) is 9.69 Å². The Labute approximate surface area is 137 Å². The maximum Gasteiger partial charge on any atom is 0.326 e. The lowest BCUT2D eigenvalue weighted by atomic mass is 10.0. The van der Waals surface area contributed by atoms with Gasteiger partial charge in [-0.05, 0) is 19.4 Å². The van der Waals surface area contributed by atoms with Gasteiger partial charge in [0.05, 0.1) is 5.92 Å². The van der Waals surface area contributed by atoms with Crippen LogP contribution in [0.5, 0.6) is 0 Å². The molecule has 0 bridgehead atoms. The zero-order valence-electron chi connectivity index (χ0n) is 14.0. The second-order valence-electron chi connectivity index (χ2n) is 6.76. The van der Waals surface area contributed by atoms with Crippen molar-refractivity contribution >= 4 is 21.9 Å². The van der Waals surface area contributed by atoms with E-state index in [1.807, 2.05) is 0 Å². The minimum Gasteiger partial charge on any atom is -0.480 e.